The molecular formula is C19H14N2O2. The predicted octanol–water partition coefficient (Wildman–Crippen LogP) is 5.15. The molecule has 0 aliphatic carbocycles. The number of fused-ring (bicyclic) bond motifs is 1. The Morgan fingerprint density at radius 3 is 2.00 bits per heavy atom. The summed E-state index contributed by atoms with van der Waals surface area (Å²) in [6.07, 6.45) is 1.79. The number of benzene rings is 3. The van der Waals surface area contributed by atoms with Crippen LogP contribution >= 0.6 is 0 Å². The largest absolute Gasteiger partial charge is 0.457 e. The van der Waals surface area contributed by atoms with Gasteiger partial charge in [0.05, 0.1) is 11.7 Å². The van der Waals surface area contributed by atoms with Gasteiger partial charge < -0.3 is 9.47 Å². The summed E-state index contributed by atoms with van der Waals surface area (Å²) in [4.78, 5) is 0. The van der Waals surface area contributed by atoms with Crippen molar-refractivity contribution >= 4 is 10.9 Å². The van der Waals surface area contributed by atoms with E-state index in [-0.39, 0.29) is 0 Å². The van der Waals surface area contributed by atoms with Crippen LogP contribution in [0.5, 0.6) is 23.0 Å². The van der Waals surface area contributed by atoms with Crippen LogP contribution in [0.15, 0.2) is 79.0 Å². The van der Waals surface area contributed by atoms with Gasteiger partial charge in [0, 0.05) is 11.5 Å². The number of hydrogen-bond donors (Lipinski definition) is 1. The van der Waals surface area contributed by atoms with E-state index in [2.05, 4.69) is 10.2 Å². The summed E-state index contributed by atoms with van der Waals surface area (Å²) < 4.78 is 11.6. The Kier molecular flexibility index (Phi) is 3.41. The molecule has 0 atom stereocenters. The van der Waals surface area contributed by atoms with Gasteiger partial charge in [0.2, 0.25) is 0 Å². The van der Waals surface area contributed by atoms with E-state index in [0.29, 0.717) is 0 Å². The van der Waals surface area contributed by atoms with Crippen molar-refractivity contribution in [2.75, 3.05) is 0 Å². The summed E-state index contributed by atoms with van der Waals surface area (Å²) in [5.41, 5.74) is 0.950. The van der Waals surface area contributed by atoms with Crippen LogP contribution in [0.25, 0.3) is 10.9 Å². The van der Waals surface area contributed by atoms with E-state index in [4.69, 9.17) is 9.47 Å². The maximum absolute atomic E-state index is 5.86. The molecule has 1 N–H and O–H groups in total. The highest BCUT2D eigenvalue weighted by molar-refractivity contribution is 5.79. The number of aromatic nitrogens is 2. The molecule has 0 saturated carbocycles. The van der Waals surface area contributed by atoms with E-state index < -0.39 is 0 Å². The number of rotatable bonds is 4. The molecule has 0 amide bonds. The summed E-state index contributed by atoms with van der Waals surface area (Å²) in [7, 11) is 0. The van der Waals surface area contributed by atoms with Crippen molar-refractivity contribution in [2.45, 2.75) is 0 Å². The SMILES string of the molecule is c1ccc(Oc2ccc(Oc3ccc4cn[nH]c4c3)cc2)cc1. The molecule has 0 unspecified atom stereocenters. The minimum Gasteiger partial charge on any atom is -0.457 e. The number of hydrogen-bond acceptors (Lipinski definition) is 3. The number of nitrogens with one attached hydrogen (secondary N) is 1. The highest BCUT2D eigenvalue weighted by Crippen LogP contribution is 2.28. The minimum absolute atomic E-state index is 0.754. The van der Waals surface area contributed by atoms with E-state index in [1.165, 1.54) is 0 Å². The molecule has 4 rings (SSSR count). The van der Waals surface area contributed by atoms with Crippen LogP contribution in [0, 0.1) is 0 Å². The number of nitrogens with zero attached hydrogens (tertiary/aromatic N) is 1. The Bertz CT molecular complexity index is 915. The van der Waals surface area contributed by atoms with Crippen molar-refractivity contribution < 1.29 is 9.47 Å². The molecule has 1 heterocycles. The zero-order chi connectivity index (χ0) is 15.5. The van der Waals surface area contributed by atoms with Gasteiger partial charge in [0.15, 0.2) is 0 Å². The Hall–Kier alpha value is -3.27. The summed E-state index contributed by atoms with van der Waals surface area (Å²) in [6.45, 7) is 0. The van der Waals surface area contributed by atoms with Crippen molar-refractivity contribution in [3.05, 3.63) is 79.0 Å². The topological polar surface area (TPSA) is 47.1 Å². The molecule has 3 aromatic carbocycles. The molecule has 0 saturated heterocycles. The second-order valence-electron chi connectivity index (χ2n) is 5.11. The van der Waals surface area contributed by atoms with Crippen LogP contribution in [0.2, 0.25) is 0 Å². The molecule has 4 heteroatoms. The smallest absolute Gasteiger partial charge is 0.129 e. The molecule has 1 aromatic heterocycles. The normalized spacial score (nSPS) is 10.6. The third-order valence-corrected chi connectivity index (χ3v) is 3.45. The van der Waals surface area contributed by atoms with Crippen molar-refractivity contribution in [1.82, 2.24) is 10.2 Å². The number of aromatic amines is 1. The summed E-state index contributed by atoms with van der Waals surface area (Å²) in [6, 6.07) is 23.0. The maximum Gasteiger partial charge on any atom is 0.129 e. The number of ether oxygens (including phenoxy) is 2. The first kappa shape index (κ1) is 13.4. The van der Waals surface area contributed by atoms with E-state index >= 15 is 0 Å². The van der Waals surface area contributed by atoms with Gasteiger partial charge in [-0.1, -0.05) is 18.2 Å². The maximum atomic E-state index is 5.86. The molecule has 4 aromatic rings. The van der Waals surface area contributed by atoms with Gasteiger partial charge >= 0.3 is 0 Å². The molecule has 4 nitrogen and oxygen atoms in total. The second-order valence-corrected chi connectivity index (χ2v) is 5.11. The molecule has 23 heavy (non-hydrogen) atoms. The highest BCUT2D eigenvalue weighted by atomic mass is 16.5. The molecule has 0 aliphatic rings. The average Bonchev–Trinajstić information content (AvgIpc) is 3.05. The highest BCUT2D eigenvalue weighted by Gasteiger charge is 2.02. The summed E-state index contributed by atoms with van der Waals surface area (Å²) >= 11 is 0. The molecular weight excluding hydrogens is 288 g/mol. The van der Waals surface area contributed by atoms with Gasteiger partial charge in [-0.05, 0) is 48.5 Å². The van der Waals surface area contributed by atoms with Crippen molar-refractivity contribution in [3.8, 4) is 23.0 Å². The molecule has 0 spiro atoms. The molecule has 0 aliphatic heterocycles. The summed E-state index contributed by atoms with van der Waals surface area (Å²) in [5.74, 6) is 3.10. The van der Waals surface area contributed by atoms with Crippen LogP contribution in [0.3, 0.4) is 0 Å². The fourth-order valence-electron chi connectivity index (χ4n) is 2.32. The summed E-state index contributed by atoms with van der Waals surface area (Å²) in [5, 5.41) is 8.00. The van der Waals surface area contributed by atoms with Gasteiger partial charge in [0.1, 0.15) is 23.0 Å². The average molecular weight is 302 g/mol. The Labute approximate surface area is 133 Å². The minimum atomic E-state index is 0.754. The van der Waals surface area contributed by atoms with Gasteiger partial charge in [-0.3, -0.25) is 5.10 Å². The second kappa shape index (κ2) is 5.85. The molecule has 112 valence electrons. The van der Waals surface area contributed by atoms with Crippen molar-refractivity contribution in [2.24, 2.45) is 0 Å². The molecule has 0 fully saturated rings. The fourth-order valence-corrected chi connectivity index (χ4v) is 2.32. The number of para-hydroxylation sites is 1. The van der Waals surface area contributed by atoms with Gasteiger partial charge in [-0.15, -0.1) is 0 Å². The van der Waals surface area contributed by atoms with Crippen LogP contribution in [-0.2, 0) is 0 Å². The van der Waals surface area contributed by atoms with Gasteiger partial charge in [-0.2, -0.15) is 5.10 Å². The zero-order valence-corrected chi connectivity index (χ0v) is 12.3. The van der Waals surface area contributed by atoms with E-state index in [9.17, 15) is 0 Å². The fraction of sp³-hybridized carbons (Fsp3) is 0. The standard InChI is InChI=1S/C19H14N2O2/c1-2-4-15(5-3-1)22-16-8-10-17(11-9-16)23-18-7-6-14-13-20-21-19(14)12-18/h1-13H,(H,20,21). The van der Waals surface area contributed by atoms with E-state index in [1.54, 1.807) is 6.20 Å². The van der Waals surface area contributed by atoms with E-state index in [1.807, 2.05) is 72.8 Å². The van der Waals surface area contributed by atoms with E-state index in [0.717, 1.165) is 33.9 Å². The third kappa shape index (κ3) is 3.01. The lowest BCUT2D eigenvalue weighted by Gasteiger charge is -2.08. The Balaban J connectivity index is 1.49. The lowest BCUT2D eigenvalue weighted by Crippen LogP contribution is -1.86. The third-order valence-electron chi connectivity index (χ3n) is 3.45. The number of H-pyrrole nitrogens is 1. The van der Waals surface area contributed by atoms with Crippen LogP contribution in [0.4, 0.5) is 0 Å². The van der Waals surface area contributed by atoms with Crippen molar-refractivity contribution in [1.29, 1.82) is 0 Å². The van der Waals surface area contributed by atoms with Crippen LogP contribution < -0.4 is 9.47 Å². The van der Waals surface area contributed by atoms with Crippen LogP contribution in [0.1, 0.15) is 0 Å². The lowest BCUT2D eigenvalue weighted by atomic mass is 10.2. The van der Waals surface area contributed by atoms with Gasteiger partial charge in [0.25, 0.3) is 0 Å². The Morgan fingerprint density at radius 2 is 1.26 bits per heavy atom. The first-order valence-electron chi connectivity index (χ1n) is 7.31. The van der Waals surface area contributed by atoms with Crippen molar-refractivity contribution in [3.63, 3.8) is 0 Å². The molecule has 0 bridgehead atoms. The van der Waals surface area contributed by atoms with Gasteiger partial charge in [-0.25, -0.2) is 0 Å². The lowest BCUT2D eigenvalue weighted by molar-refractivity contribution is 0.469. The van der Waals surface area contributed by atoms with Crippen LogP contribution in [-0.4, -0.2) is 10.2 Å². The zero-order valence-electron chi connectivity index (χ0n) is 12.3. The first-order valence-corrected chi connectivity index (χ1v) is 7.31. The molecule has 0 radical (unpaired) electrons. The quantitative estimate of drug-likeness (QED) is 0.567. The Morgan fingerprint density at radius 1 is 0.652 bits per heavy atom. The first-order chi connectivity index (χ1) is 11.4. The predicted molar refractivity (Wildman–Crippen MR) is 89.1 cm³/mol. The monoisotopic (exact) mass is 302 g/mol.